The highest BCUT2D eigenvalue weighted by molar-refractivity contribution is 5.66. The van der Waals surface area contributed by atoms with Crippen LogP contribution in [-0.2, 0) is 6.54 Å². The average molecular weight is 216 g/mol. The van der Waals surface area contributed by atoms with E-state index in [0.717, 1.165) is 16.7 Å². The average Bonchev–Trinajstić information content (AvgIpc) is 2.75. The summed E-state index contributed by atoms with van der Waals surface area (Å²) in [5.41, 5.74) is 11.0. The minimum Gasteiger partial charge on any atom is -0.367 e. The van der Waals surface area contributed by atoms with Crippen LogP contribution < -0.4 is 0 Å². The molecule has 2 rings (SSSR count). The minimum atomic E-state index is -0.268. The molecule has 0 saturated carbocycles. The molecular formula is C11H9FN4. The largest absolute Gasteiger partial charge is 0.367 e. The predicted molar refractivity (Wildman–Crippen MR) is 59.0 cm³/mol. The minimum absolute atomic E-state index is 0.268. The van der Waals surface area contributed by atoms with Gasteiger partial charge in [-0.3, -0.25) is 0 Å². The molecule has 0 aliphatic rings. The first-order valence-corrected chi connectivity index (χ1v) is 4.73. The summed E-state index contributed by atoms with van der Waals surface area (Å²) in [6.07, 6.45) is 3.57. The van der Waals surface area contributed by atoms with Gasteiger partial charge in [-0.2, -0.15) is 0 Å². The van der Waals surface area contributed by atoms with Gasteiger partial charge in [0.05, 0.1) is 6.54 Å². The zero-order valence-electron chi connectivity index (χ0n) is 8.39. The molecule has 0 atom stereocenters. The molecule has 1 aromatic heterocycles. The van der Waals surface area contributed by atoms with Gasteiger partial charge in [0.1, 0.15) is 5.82 Å². The van der Waals surface area contributed by atoms with Gasteiger partial charge in [-0.15, -0.1) is 0 Å². The number of hydrogen-bond acceptors (Lipinski definition) is 1. The summed E-state index contributed by atoms with van der Waals surface area (Å²) in [5.74, 6) is -0.268. The molecule has 0 aliphatic carbocycles. The van der Waals surface area contributed by atoms with E-state index in [1.807, 2.05) is 0 Å². The molecule has 0 aliphatic heterocycles. The van der Waals surface area contributed by atoms with E-state index in [2.05, 4.69) is 15.0 Å². The van der Waals surface area contributed by atoms with Gasteiger partial charge >= 0.3 is 0 Å². The van der Waals surface area contributed by atoms with Gasteiger partial charge in [0, 0.05) is 22.9 Å². The fourth-order valence-electron chi connectivity index (χ4n) is 1.53. The maximum atomic E-state index is 12.8. The van der Waals surface area contributed by atoms with E-state index in [1.54, 1.807) is 24.5 Å². The van der Waals surface area contributed by atoms with E-state index in [4.69, 9.17) is 5.53 Å². The van der Waals surface area contributed by atoms with Crippen LogP contribution in [0.3, 0.4) is 0 Å². The second-order valence-electron chi connectivity index (χ2n) is 3.29. The normalized spacial score (nSPS) is 9.81. The van der Waals surface area contributed by atoms with E-state index >= 15 is 0 Å². The van der Waals surface area contributed by atoms with Gasteiger partial charge in [-0.05, 0) is 28.8 Å². The Morgan fingerprint density at radius 3 is 2.69 bits per heavy atom. The molecule has 0 spiro atoms. The van der Waals surface area contributed by atoms with Crippen molar-refractivity contribution >= 4 is 0 Å². The SMILES string of the molecule is [N-]=[N+]=NCc1c[nH]cc1-c1ccc(F)cc1. The summed E-state index contributed by atoms with van der Waals surface area (Å²) in [4.78, 5) is 5.65. The third kappa shape index (κ3) is 2.04. The van der Waals surface area contributed by atoms with Crippen LogP contribution in [-0.4, -0.2) is 4.98 Å². The van der Waals surface area contributed by atoms with E-state index in [0.29, 0.717) is 0 Å². The number of aromatic amines is 1. The number of nitrogens with zero attached hydrogens (tertiary/aromatic N) is 3. The molecule has 0 radical (unpaired) electrons. The number of hydrogen-bond donors (Lipinski definition) is 1. The second-order valence-corrected chi connectivity index (χ2v) is 3.29. The van der Waals surface area contributed by atoms with Gasteiger partial charge in [0.25, 0.3) is 0 Å². The summed E-state index contributed by atoms with van der Waals surface area (Å²) in [7, 11) is 0. The number of rotatable bonds is 3. The van der Waals surface area contributed by atoms with Crippen molar-refractivity contribution in [3.05, 3.63) is 58.5 Å². The summed E-state index contributed by atoms with van der Waals surface area (Å²) < 4.78 is 12.8. The molecule has 80 valence electrons. The van der Waals surface area contributed by atoms with Gasteiger partial charge in [-0.25, -0.2) is 4.39 Å². The van der Waals surface area contributed by atoms with Gasteiger partial charge in [0.15, 0.2) is 0 Å². The van der Waals surface area contributed by atoms with E-state index in [1.165, 1.54) is 12.1 Å². The van der Waals surface area contributed by atoms with Crippen LogP contribution in [0.4, 0.5) is 4.39 Å². The van der Waals surface area contributed by atoms with Crippen molar-refractivity contribution in [1.82, 2.24) is 4.98 Å². The molecular weight excluding hydrogens is 207 g/mol. The number of aromatic nitrogens is 1. The molecule has 0 amide bonds. The number of benzene rings is 1. The van der Waals surface area contributed by atoms with Crippen LogP contribution in [0.2, 0.25) is 0 Å². The fraction of sp³-hybridized carbons (Fsp3) is 0.0909. The quantitative estimate of drug-likeness (QED) is 0.462. The van der Waals surface area contributed by atoms with Crippen LogP contribution >= 0.6 is 0 Å². The Morgan fingerprint density at radius 1 is 1.25 bits per heavy atom. The predicted octanol–water partition coefficient (Wildman–Crippen LogP) is 3.63. The Morgan fingerprint density at radius 2 is 2.00 bits per heavy atom. The van der Waals surface area contributed by atoms with Crippen LogP contribution in [0.15, 0.2) is 41.8 Å². The summed E-state index contributed by atoms with van der Waals surface area (Å²) >= 11 is 0. The molecule has 4 nitrogen and oxygen atoms in total. The van der Waals surface area contributed by atoms with Crippen molar-refractivity contribution in [3.63, 3.8) is 0 Å². The Kier molecular flexibility index (Phi) is 2.89. The molecule has 2 aromatic rings. The lowest BCUT2D eigenvalue weighted by Crippen LogP contribution is -1.82. The van der Waals surface area contributed by atoms with Crippen molar-refractivity contribution in [2.75, 3.05) is 0 Å². The first-order valence-electron chi connectivity index (χ1n) is 4.73. The van der Waals surface area contributed by atoms with Gasteiger partial charge in [-0.1, -0.05) is 17.2 Å². The van der Waals surface area contributed by atoms with Crippen molar-refractivity contribution in [2.45, 2.75) is 6.54 Å². The first kappa shape index (κ1) is 10.3. The summed E-state index contributed by atoms with van der Waals surface area (Å²) in [6, 6.07) is 6.19. The highest BCUT2D eigenvalue weighted by Gasteiger charge is 2.05. The maximum Gasteiger partial charge on any atom is 0.123 e. The maximum absolute atomic E-state index is 12.8. The third-order valence-corrected chi connectivity index (χ3v) is 2.29. The van der Waals surface area contributed by atoms with E-state index in [9.17, 15) is 4.39 Å². The van der Waals surface area contributed by atoms with Crippen LogP contribution in [0, 0.1) is 5.82 Å². The monoisotopic (exact) mass is 216 g/mol. The van der Waals surface area contributed by atoms with Crippen LogP contribution in [0.5, 0.6) is 0 Å². The van der Waals surface area contributed by atoms with E-state index in [-0.39, 0.29) is 12.4 Å². The number of halogens is 1. The molecule has 16 heavy (non-hydrogen) atoms. The number of nitrogens with one attached hydrogen (secondary N) is 1. The third-order valence-electron chi connectivity index (χ3n) is 2.29. The Bertz CT molecular complexity index is 523. The lowest BCUT2D eigenvalue weighted by atomic mass is 10.1. The van der Waals surface area contributed by atoms with Crippen LogP contribution in [0.1, 0.15) is 5.56 Å². The second kappa shape index (κ2) is 4.51. The molecule has 1 heterocycles. The number of azide groups is 1. The molecule has 5 heteroatoms. The lowest BCUT2D eigenvalue weighted by Gasteiger charge is -2.01. The molecule has 0 saturated heterocycles. The Labute approximate surface area is 91.4 Å². The first-order chi connectivity index (χ1) is 7.81. The van der Waals surface area contributed by atoms with Gasteiger partial charge in [0.2, 0.25) is 0 Å². The van der Waals surface area contributed by atoms with Gasteiger partial charge < -0.3 is 4.98 Å². The van der Waals surface area contributed by atoms with E-state index < -0.39 is 0 Å². The highest BCUT2D eigenvalue weighted by Crippen LogP contribution is 2.24. The summed E-state index contributed by atoms with van der Waals surface area (Å²) in [5, 5.41) is 3.50. The van der Waals surface area contributed by atoms with Crippen molar-refractivity contribution in [3.8, 4) is 11.1 Å². The Hall–Kier alpha value is -2.26. The lowest BCUT2D eigenvalue weighted by molar-refractivity contribution is 0.628. The molecule has 0 unspecified atom stereocenters. The van der Waals surface area contributed by atoms with Crippen molar-refractivity contribution in [1.29, 1.82) is 0 Å². The highest BCUT2D eigenvalue weighted by atomic mass is 19.1. The van der Waals surface area contributed by atoms with Crippen molar-refractivity contribution in [2.24, 2.45) is 5.11 Å². The molecule has 1 N–H and O–H groups in total. The zero-order chi connectivity index (χ0) is 11.4. The van der Waals surface area contributed by atoms with Crippen molar-refractivity contribution < 1.29 is 4.39 Å². The fourth-order valence-corrected chi connectivity index (χ4v) is 1.53. The topological polar surface area (TPSA) is 64.6 Å². The summed E-state index contributed by atoms with van der Waals surface area (Å²) in [6.45, 7) is 0.284. The molecule has 1 aromatic carbocycles. The molecule has 0 fully saturated rings. The number of H-pyrrole nitrogens is 1. The Balaban J connectivity index is 2.36. The van der Waals surface area contributed by atoms with Crippen LogP contribution in [0.25, 0.3) is 21.6 Å². The molecule has 0 bridgehead atoms. The standard InChI is InChI=1S/C11H9FN4/c12-10-3-1-8(2-4-10)11-7-14-5-9(11)6-15-16-13/h1-5,7,14H,6H2. The zero-order valence-corrected chi connectivity index (χ0v) is 8.39. The smallest absolute Gasteiger partial charge is 0.123 e.